The number of fused-ring (bicyclic) bond motifs is 1. The van der Waals surface area contributed by atoms with Crippen LogP contribution >= 0.6 is 0 Å². The molecule has 0 spiro atoms. The standard InChI is InChI=1S/C15H26N4/c1-2-15(5-3-4-6-15)10-16-8-12-7-13-14(9-17-12)19-11-18-13/h11-12,16-17H,2-10H2,1H3,(H,18,19). The van der Waals surface area contributed by atoms with Gasteiger partial charge >= 0.3 is 0 Å². The Hall–Kier alpha value is -0.870. The third kappa shape index (κ3) is 2.84. The number of nitrogens with one attached hydrogen (secondary N) is 3. The first-order valence-electron chi connectivity index (χ1n) is 7.76. The van der Waals surface area contributed by atoms with Gasteiger partial charge in [-0.05, 0) is 24.7 Å². The van der Waals surface area contributed by atoms with E-state index in [0.717, 1.165) is 19.5 Å². The fraction of sp³-hybridized carbons (Fsp3) is 0.800. The summed E-state index contributed by atoms with van der Waals surface area (Å²) in [7, 11) is 0. The molecule has 1 saturated carbocycles. The van der Waals surface area contributed by atoms with E-state index >= 15 is 0 Å². The Morgan fingerprint density at radius 2 is 2.26 bits per heavy atom. The van der Waals surface area contributed by atoms with Gasteiger partial charge in [0.15, 0.2) is 0 Å². The molecule has 0 amide bonds. The molecule has 0 aromatic carbocycles. The van der Waals surface area contributed by atoms with Gasteiger partial charge in [-0.3, -0.25) is 0 Å². The number of H-pyrrole nitrogens is 1. The molecule has 4 nitrogen and oxygen atoms in total. The molecule has 1 aliphatic carbocycles. The van der Waals surface area contributed by atoms with Gasteiger partial charge in [-0.1, -0.05) is 19.8 Å². The van der Waals surface area contributed by atoms with Crippen LogP contribution in [-0.4, -0.2) is 29.1 Å². The molecule has 19 heavy (non-hydrogen) atoms. The molecular formula is C15H26N4. The van der Waals surface area contributed by atoms with Crippen LogP contribution in [-0.2, 0) is 13.0 Å². The Labute approximate surface area is 115 Å². The molecule has 1 atom stereocenters. The second-order valence-corrected chi connectivity index (χ2v) is 6.30. The predicted molar refractivity (Wildman–Crippen MR) is 77.0 cm³/mol. The van der Waals surface area contributed by atoms with Crippen molar-refractivity contribution in [1.29, 1.82) is 0 Å². The number of nitrogens with zero attached hydrogens (tertiary/aromatic N) is 1. The third-order valence-electron chi connectivity index (χ3n) is 5.12. The Morgan fingerprint density at radius 3 is 3.05 bits per heavy atom. The molecule has 1 fully saturated rings. The van der Waals surface area contributed by atoms with Crippen molar-refractivity contribution in [1.82, 2.24) is 20.6 Å². The fourth-order valence-electron chi connectivity index (χ4n) is 3.67. The molecule has 3 N–H and O–H groups in total. The molecule has 0 radical (unpaired) electrons. The quantitative estimate of drug-likeness (QED) is 0.760. The van der Waals surface area contributed by atoms with Gasteiger partial charge in [0, 0.05) is 32.1 Å². The number of hydrogen-bond acceptors (Lipinski definition) is 3. The summed E-state index contributed by atoms with van der Waals surface area (Å²) in [6, 6.07) is 0.533. The first-order chi connectivity index (χ1) is 9.31. The topological polar surface area (TPSA) is 52.7 Å². The molecule has 2 aliphatic rings. The van der Waals surface area contributed by atoms with Crippen molar-refractivity contribution in [3.05, 3.63) is 17.7 Å². The summed E-state index contributed by atoms with van der Waals surface area (Å²) in [5.74, 6) is 0. The zero-order valence-electron chi connectivity index (χ0n) is 12.0. The largest absolute Gasteiger partial charge is 0.347 e. The van der Waals surface area contributed by atoms with Crippen LogP contribution in [0.4, 0.5) is 0 Å². The molecule has 3 rings (SSSR count). The van der Waals surface area contributed by atoms with Gasteiger partial charge in [0.05, 0.1) is 17.7 Å². The number of aromatic nitrogens is 2. The summed E-state index contributed by atoms with van der Waals surface area (Å²) in [5.41, 5.74) is 3.10. The summed E-state index contributed by atoms with van der Waals surface area (Å²) in [6.07, 6.45) is 9.86. The van der Waals surface area contributed by atoms with Gasteiger partial charge in [0.25, 0.3) is 0 Å². The van der Waals surface area contributed by atoms with Crippen LogP contribution in [0.1, 0.15) is 50.4 Å². The summed E-state index contributed by atoms with van der Waals surface area (Å²) in [5, 5.41) is 7.29. The molecule has 0 saturated heterocycles. The van der Waals surface area contributed by atoms with Crippen LogP contribution in [0.3, 0.4) is 0 Å². The average molecular weight is 262 g/mol. The summed E-state index contributed by atoms with van der Waals surface area (Å²) in [4.78, 5) is 7.60. The number of rotatable bonds is 5. The minimum Gasteiger partial charge on any atom is -0.347 e. The van der Waals surface area contributed by atoms with Crippen molar-refractivity contribution in [2.24, 2.45) is 5.41 Å². The summed E-state index contributed by atoms with van der Waals surface area (Å²) in [6.45, 7) is 5.53. The van der Waals surface area contributed by atoms with Crippen LogP contribution in [0.5, 0.6) is 0 Å². The van der Waals surface area contributed by atoms with Gasteiger partial charge in [-0.2, -0.15) is 0 Å². The molecule has 1 aliphatic heterocycles. The number of aromatic amines is 1. The minimum absolute atomic E-state index is 0.533. The highest BCUT2D eigenvalue weighted by molar-refractivity contribution is 5.15. The lowest BCUT2D eigenvalue weighted by atomic mass is 9.83. The Morgan fingerprint density at radius 1 is 1.42 bits per heavy atom. The van der Waals surface area contributed by atoms with Crippen molar-refractivity contribution in [2.75, 3.05) is 13.1 Å². The van der Waals surface area contributed by atoms with Gasteiger partial charge in [0.1, 0.15) is 0 Å². The van der Waals surface area contributed by atoms with Crippen LogP contribution in [0.2, 0.25) is 0 Å². The zero-order valence-corrected chi connectivity index (χ0v) is 12.0. The van der Waals surface area contributed by atoms with E-state index in [9.17, 15) is 0 Å². The maximum Gasteiger partial charge on any atom is 0.0925 e. The molecule has 0 bridgehead atoms. The first kappa shape index (κ1) is 13.1. The average Bonchev–Trinajstić information content (AvgIpc) is 3.07. The minimum atomic E-state index is 0.533. The van der Waals surface area contributed by atoms with Crippen LogP contribution in [0.15, 0.2) is 6.33 Å². The maximum absolute atomic E-state index is 4.40. The normalized spacial score (nSPS) is 25.4. The van der Waals surface area contributed by atoms with Crippen molar-refractivity contribution in [2.45, 2.75) is 58.0 Å². The van der Waals surface area contributed by atoms with Crippen molar-refractivity contribution in [3.8, 4) is 0 Å². The lowest BCUT2D eigenvalue weighted by Gasteiger charge is -2.30. The summed E-state index contributed by atoms with van der Waals surface area (Å²) >= 11 is 0. The van der Waals surface area contributed by atoms with E-state index in [4.69, 9.17) is 0 Å². The monoisotopic (exact) mass is 262 g/mol. The van der Waals surface area contributed by atoms with E-state index in [2.05, 4.69) is 27.5 Å². The van der Waals surface area contributed by atoms with E-state index in [1.807, 2.05) is 6.33 Å². The van der Waals surface area contributed by atoms with Gasteiger partial charge in [-0.15, -0.1) is 0 Å². The van der Waals surface area contributed by atoms with Crippen LogP contribution in [0.25, 0.3) is 0 Å². The second kappa shape index (κ2) is 5.63. The molecule has 106 valence electrons. The molecule has 4 heteroatoms. The SMILES string of the molecule is CCC1(CNCC2Cc3nc[nH]c3CN2)CCCC1. The summed E-state index contributed by atoms with van der Waals surface area (Å²) < 4.78 is 0. The second-order valence-electron chi connectivity index (χ2n) is 6.30. The molecular weight excluding hydrogens is 236 g/mol. The van der Waals surface area contributed by atoms with E-state index in [-0.39, 0.29) is 0 Å². The van der Waals surface area contributed by atoms with Gasteiger partial charge < -0.3 is 15.6 Å². The van der Waals surface area contributed by atoms with Crippen LogP contribution < -0.4 is 10.6 Å². The zero-order chi connectivity index (χ0) is 13.1. The lowest BCUT2D eigenvalue weighted by Crippen LogP contribution is -2.45. The maximum atomic E-state index is 4.40. The fourth-order valence-corrected chi connectivity index (χ4v) is 3.67. The Kier molecular flexibility index (Phi) is 3.89. The van der Waals surface area contributed by atoms with E-state index in [1.54, 1.807) is 0 Å². The number of imidazole rings is 1. The highest BCUT2D eigenvalue weighted by Crippen LogP contribution is 2.40. The lowest BCUT2D eigenvalue weighted by molar-refractivity contribution is 0.262. The van der Waals surface area contributed by atoms with Crippen LogP contribution in [0, 0.1) is 5.41 Å². The van der Waals surface area contributed by atoms with Gasteiger partial charge in [0.2, 0.25) is 0 Å². The predicted octanol–water partition coefficient (Wildman–Crippen LogP) is 1.98. The Bertz CT molecular complexity index is 406. The third-order valence-corrected chi connectivity index (χ3v) is 5.12. The molecule has 2 heterocycles. The van der Waals surface area contributed by atoms with E-state index in [1.165, 1.54) is 50.0 Å². The Balaban J connectivity index is 1.46. The highest BCUT2D eigenvalue weighted by atomic mass is 15.0. The van der Waals surface area contributed by atoms with Crippen molar-refractivity contribution >= 4 is 0 Å². The van der Waals surface area contributed by atoms with E-state index in [0.29, 0.717) is 11.5 Å². The van der Waals surface area contributed by atoms with E-state index < -0.39 is 0 Å². The molecule has 1 aromatic heterocycles. The smallest absolute Gasteiger partial charge is 0.0925 e. The van der Waals surface area contributed by atoms with Crippen molar-refractivity contribution < 1.29 is 0 Å². The molecule has 1 aromatic rings. The number of hydrogen-bond donors (Lipinski definition) is 3. The van der Waals surface area contributed by atoms with Gasteiger partial charge in [-0.25, -0.2) is 4.98 Å². The highest BCUT2D eigenvalue weighted by Gasteiger charge is 2.31. The molecule has 1 unspecified atom stereocenters. The first-order valence-corrected chi connectivity index (χ1v) is 7.76. The van der Waals surface area contributed by atoms with Crippen molar-refractivity contribution in [3.63, 3.8) is 0 Å².